The zero-order valence-electron chi connectivity index (χ0n) is 16.4. The first-order valence-electron chi connectivity index (χ1n) is 9.94. The largest absolute Gasteiger partial charge is 0.508 e. The zero-order valence-corrected chi connectivity index (χ0v) is 16.4. The Morgan fingerprint density at radius 1 is 1.18 bits per heavy atom. The molecule has 6 nitrogen and oxygen atoms in total. The van der Waals surface area contributed by atoms with Crippen molar-refractivity contribution in [1.82, 2.24) is 19.5 Å². The number of piperidine rings is 1. The van der Waals surface area contributed by atoms with Crippen molar-refractivity contribution in [2.24, 2.45) is 0 Å². The molecule has 2 aromatic heterocycles. The van der Waals surface area contributed by atoms with Gasteiger partial charge in [0.05, 0.1) is 5.69 Å². The Labute approximate surface area is 164 Å². The molecule has 3 aromatic rings. The van der Waals surface area contributed by atoms with Gasteiger partial charge < -0.3 is 10.0 Å². The van der Waals surface area contributed by atoms with E-state index in [1.165, 1.54) is 5.56 Å². The fourth-order valence-corrected chi connectivity index (χ4v) is 4.06. The van der Waals surface area contributed by atoms with E-state index in [-0.39, 0.29) is 17.7 Å². The maximum atomic E-state index is 13.3. The van der Waals surface area contributed by atoms with Gasteiger partial charge in [0, 0.05) is 24.3 Å². The molecule has 1 aliphatic heterocycles. The number of amides is 1. The predicted octanol–water partition coefficient (Wildman–Crippen LogP) is 3.68. The van der Waals surface area contributed by atoms with Crippen LogP contribution in [0.1, 0.15) is 53.1 Å². The van der Waals surface area contributed by atoms with Gasteiger partial charge in [-0.3, -0.25) is 4.79 Å². The summed E-state index contributed by atoms with van der Waals surface area (Å²) < 4.78 is 1.78. The summed E-state index contributed by atoms with van der Waals surface area (Å²) in [5.74, 6) is 0.296. The quantitative estimate of drug-likeness (QED) is 0.752. The number of rotatable bonds is 4. The standard InChI is InChI=1S/C22H26N4O2/c1-15-13-21-23-20(14-16(2)26(21)24-15)22(28)25-12-4-3-5-18(25)9-6-17-7-10-19(27)11-8-17/h7-8,10-11,13-14,18,27H,3-6,9,12H2,1-2H3/t18-/m1/s1. The highest BCUT2D eigenvalue weighted by Crippen LogP contribution is 2.24. The Kier molecular flexibility index (Phi) is 5.03. The van der Waals surface area contributed by atoms with Crippen LogP contribution < -0.4 is 0 Å². The lowest BCUT2D eigenvalue weighted by atomic mass is 9.95. The fourth-order valence-electron chi connectivity index (χ4n) is 4.06. The topological polar surface area (TPSA) is 70.7 Å². The van der Waals surface area contributed by atoms with E-state index in [4.69, 9.17) is 0 Å². The summed E-state index contributed by atoms with van der Waals surface area (Å²) in [4.78, 5) is 19.9. The second-order valence-corrected chi connectivity index (χ2v) is 7.69. The molecule has 6 heteroatoms. The number of benzene rings is 1. The summed E-state index contributed by atoms with van der Waals surface area (Å²) in [5, 5.41) is 13.9. The molecule has 1 aliphatic rings. The van der Waals surface area contributed by atoms with Gasteiger partial charge in [-0.25, -0.2) is 9.50 Å². The van der Waals surface area contributed by atoms with Crippen LogP contribution in [-0.2, 0) is 6.42 Å². The number of likely N-dealkylation sites (tertiary alicyclic amines) is 1. The van der Waals surface area contributed by atoms with Crippen molar-refractivity contribution in [3.8, 4) is 5.75 Å². The van der Waals surface area contributed by atoms with Crippen LogP contribution in [0.5, 0.6) is 5.75 Å². The smallest absolute Gasteiger partial charge is 0.272 e. The molecule has 3 heterocycles. The average Bonchev–Trinajstić information content (AvgIpc) is 3.08. The molecule has 0 bridgehead atoms. The number of hydrogen-bond donors (Lipinski definition) is 1. The predicted molar refractivity (Wildman–Crippen MR) is 108 cm³/mol. The third kappa shape index (κ3) is 3.72. The third-order valence-electron chi connectivity index (χ3n) is 5.54. The lowest BCUT2D eigenvalue weighted by Gasteiger charge is -2.35. The summed E-state index contributed by atoms with van der Waals surface area (Å²) in [5.41, 5.74) is 4.21. The van der Waals surface area contributed by atoms with Gasteiger partial charge >= 0.3 is 0 Å². The first-order valence-corrected chi connectivity index (χ1v) is 9.94. The minimum absolute atomic E-state index is 0.0138. The minimum Gasteiger partial charge on any atom is -0.508 e. The molecule has 1 amide bonds. The van der Waals surface area contributed by atoms with Crippen LogP contribution in [-0.4, -0.2) is 43.1 Å². The summed E-state index contributed by atoms with van der Waals surface area (Å²) in [6.45, 7) is 4.67. The average molecular weight is 378 g/mol. The third-order valence-corrected chi connectivity index (χ3v) is 5.54. The Bertz CT molecular complexity index is 994. The molecule has 4 rings (SSSR count). The van der Waals surface area contributed by atoms with Crippen LogP contribution in [0.2, 0.25) is 0 Å². The van der Waals surface area contributed by atoms with Gasteiger partial charge in [0.15, 0.2) is 5.65 Å². The lowest BCUT2D eigenvalue weighted by molar-refractivity contribution is 0.0596. The van der Waals surface area contributed by atoms with E-state index in [1.807, 2.05) is 43.0 Å². The summed E-state index contributed by atoms with van der Waals surface area (Å²) in [6, 6.07) is 11.3. The maximum absolute atomic E-state index is 13.3. The van der Waals surface area contributed by atoms with Crippen LogP contribution in [0, 0.1) is 13.8 Å². The van der Waals surface area contributed by atoms with Gasteiger partial charge in [-0.2, -0.15) is 5.10 Å². The molecule has 146 valence electrons. The number of phenolic OH excluding ortho intramolecular Hbond substituents is 1. The first kappa shape index (κ1) is 18.5. The Hall–Kier alpha value is -2.89. The molecular formula is C22H26N4O2. The lowest BCUT2D eigenvalue weighted by Crippen LogP contribution is -2.44. The van der Waals surface area contributed by atoms with Crippen LogP contribution in [0.25, 0.3) is 5.65 Å². The molecule has 1 fully saturated rings. The number of aromatic nitrogens is 3. The summed E-state index contributed by atoms with van der Waals surface area (Å²) >= 11 is 0. The van der Waals surface area contributed by atoms with Crippen LogP contribution >= 0.6 is 0 Å². The number of fused-ring (bicyclic) bond motifs is 1. The van der Waals surface area contributed by atoms with E-state index >= 15 is 0 Å². The van der Waals surface area contributed by atoms with E-state index in [1.54, 1.807) is 16.6 Å². The second-order valence-electron chi connectivity index (χ2n) is 7.69. The molecule has 0 radical (unpaired) electrons. The van der Waals surface area contributed by atoms with Gasteiger partial charge in [-0.05, 0) is 69.7 Å². The van der Waals surface area contributed by atoms with E-state index in [0.717, 1.165) is 55.7 Å². The monoisotopic (exact) mass is 378 g/mol. The van der Waals surface area contributed by atoms with Gasteiger partial charge in [0.2, 0.25) is 0 Å². The summed E-state index contributed by atoms with van der Waals surface area (Å²) in [7, 11) is 0. The number of aromatic hydroxyl groups is 1. The number of aryl methyl sites for hydroxylation is 3. The molecule has 1 N–H and O–H groups in total. The Morgan fingerprint density at radius 3 is 2.75 bits per heavy atom. The molecule has 1 aromatic carbocycles. The zero-order chi connectivity index (χ0) is 19.7. The molecule has 0 saturated carbocycles. The van der Waals surface area contributed by atoms with Gasteiger partial charge in [0.25, 0.3) is 5.91 Å². The fraction of sp³-hybridized carbons (Fsp3) is 0.409. The van der Waals surface area contributed by atoms with Crippen molar-refractivity contribution < 1.29 is 9.90 Å². The number of phenols is 1. The van der Waals surface area contributed by atoms with E-state index < -0.39 is 0 Å². The Balaban J connectivity index is 1.53. The van der Waals surface area contributed by atoms with Crippen molar-refractivity contribution in [2.45, 2.75) is 52.0 Å². The van der Waals surface area contributed by atoms with Gasteiger partial charge in [-0.1, -0.05) is 12.1 Å². The Morgan fingerprint density at radius 2 is 1.96 bits per heavy atom. The summed E-state index contributed by atoms with van der Waals surface area (Å²) in [6.07, 6.45) is 5.02. The highest BCUT2D eigenvalue weighted by atomic mass is 16.3. The second kappa shape index (κ2) is 7.62. The van der Waals surface area contributed by atoms with E-state index in [9.17, 15) is 9.90 Å². The van der Waals surface area contributed by atoms with Crippen molar-refractivity contribution in [3.63, 3.8) is 0 Å². The van der Waals surface area contributed by atoms with Crippen LogP contribution in [0.15, 0.2) is 36.4 Å². The molecule has 1 saturated heterocycles. The van der Waals surface area contributed by atoms with Gasteiger partial charge in [-0.15, -0.1) is 0 Å². The SMILES string of the molecule is Cc1cc2nc(C(=O)N3CCCC[C@@H]3CCc3ccc(O)cc3)cc(C)n2n1. The molecular weight excluding hydrogens is 352 g/mol. The van der Waals surface area contributed by atoms with Crippen molar-refractivity contribution in [2.75, 3.05) is 6.54 Å². The normalized spacial score (nSPS) is 17.2. The van der Waals surface area contributed by atoms with Crippen LogP contribution in [0.4, 0.5) is 0 Å². The molecule has 1 atom stereocenters. The van der Waals surface area contributed by atoms with E-state index in [2.05, 4.69) is 10.1 Å². The molecule has 0 spiro atoms. The highest BCUT2D eigenvalue weighted by molar-refractivity contribution is 5.93. The van der Waals surface area contributed by atoms with Crippen molar-refractivity contribution in [3.05, 3.63) is 59.0 Å². The number of nitrogens with zero attached hydrogens (tertiary/aromatic N) is 4. The molecule has 0 unspecified atom stereocenters. The number of carbonyl (C=O) groups excluding carboxylic acids is 1. The molecule has 0 aliphatic carbocycles. The van der Waals surface area contributed by atoms with Gasteiger partial charge in [0.1, 0.15) is 11.4 Å². The number of hydrogen-bond acceptors (Lipinski definition) is 4. The molecule has 28 heavy (non-hydrogen) atoms. The minimum atomic E-state index is 0.0138. The van der Waals surface area contributed by atoms with Crippen molar-refractivity contribution >= 4 is 11.6 Å². The van der Waals surface area contributed by atoms with E-state index in [0.29, 0.717) is 5.69 Å². The first-order chi connectivity index (χ1) is 13.5. The maximum Gasteiger partial charge on any atom is 0.272 e. The van der Waals surface area contributed by atoms with Crippen molar-refractivity contribution in [1.29, 1.82) is 0 Å². The number of carbonyl (C=O) groups is 1. The van der Waals surface area contributed by atoms with Crippen LogP contribution in [0.3, 0.4) is 0 Å². The highest BCUT2D eigenvalue weighted by Gasteiger charge is 2.28.